The molecule has 64 heavy (non-hydrogen) atoms. The molecule has 0 radical (unpaired) electrons. The zero-order valence-corrected chi connectivity index (χ0v) is 35.7. The number of hydrogen-bond donors (Lipinski definition) is 0. The first kappa shape index (κ1) is 36.6. The third-order valence-electron chi connectivity index (χ3n) is 13.1. The summed E-state index contributed by atoms with van der Waals surface area (Å²) in [5.41, 5.74) is 10.7. The minimum atomic E-state index is -2.01. The highest BCUT2D eigenvalue weighted by Gasteiger charge is 2.34. The molecule has 3 aromatic heterocycles. The standard InChI is InChI=1S/C60H41N3S/c1-5-19-42(20-6-1)61-54-30-16-14-28-50(54)53-41-48(37-39-57(53)61)64(45-23-9-3-10-24-45,46-25-11-4-12-26-46)47-35-33-44(34-36-47)63-55-31-17-13-27-49(55)51-38-40-58-59(60(51)63)52-29-15-18-32-56(52)62(58)43-21-7-2-8-22-43/h1-41H. The van der Waals surface area contributed by atoms with Gasteiger partial charge in [-0.2, -0.15) is 0 Å². The molecule has 0 saturated carbocycles. The van der Waals surface area contributed by atoms with Crippen LogP contribution in [0, 0.1) is 0 Å². The first-order valence-corrected chi connectivity index (χ1v) is 23.6. The molecule has 0 N–H and O–H groups in total. The Morgan fingerprint density at radius 3 is 1.22 bits per heavy atom. The topological polar surface area (TPSA) is 14.8 Å². The van der Waals surface area contributed by atoms with Gasteiger partial charge in [-0.25, -0.2) is 0 Å². The van der Waals surface area contributed by atoms with Crippen LogP contribution in [0.2, 0.25) is 0 Å². The van der Waals surface area contributed by atoms with Gasteiger partial charge in [-0.05, 0) is 115 Å². The SMILES string of the molecule is c1ccc(-n2c3ccccc3c3cc(S(c4ccccc4)(c4ccccc4)c4ccc(-n5c6ccccc6c6ccc7c(c8ccccc8n7-c7ccccc7)c65)cc4)ccc32)cc1. The largest absolute Gasteiger partial charge is 0.309 e. The summed E-state index contributed by atoms with van der Waals surface area (Å²) in [6.07, 6.45) is 0. The van der Waals surface area contributed by atoms with Crippen LogP contribution in [-0.4, -0.2) is 13.7 Å². The first-order chi connectivity index (χ1) is 31.8. The Bertz CT molecular complexity index is 3830. The smallest absolute Gasteiger partial charge is 0.0641 e. The van der Waals surface area contributed by atoms with Crippen LogP contribution in [0.5, 0.6) is 0 Å². The molecule has 0 saturated heterocycles. The van der Waals surface area contributed by atoms with Crippen LogP contribution in [0.25, 0.3) is 82.5 Å². The molecule has 0 amide bonds. The lowest BCUT2D eigenvalue weighted by Gasteiger charge is -2.42. The van der Waals surface area contributed by atoms with Crippen LogP contribution >= 0.6 is 10.0 Å². The quantitative estimate of drug-likeness (QED) is 0.152. The van der Waals surface area contributed by atoms with E-state index >= 15 is 0 Å². The second-order valence-corrected chi connectivity index (χ2v) is 19.6. The molecule has 302 valence electrons. The molecule has 0 aliphatic heterocycles. The molecule has 13 aromatic rings. The van der Waals surface area contributed by atoms with Gasteiger partial charge in [-0.15, -0.1) is 10.0 Å². The fraction of sp³-hybridized carbons (Fsp3) is 0. The molecule has 0 atom stereocenters. The van der Waals surface area contributed by atoms with E-state index in [1.165, 1.54) is 85.0 Å². The summed E-state index contributed by atoms with van der Waals surface area (Å²) in [6, 6.07) is 91.9. The van der Waals surface area contributed by atoms with Gasteiger partial charge in [0.1, 0.15) is 0 Å². The maximum Gasteiger partial charge on any atom is 0.0641 e. The van der Waals surface area contributed by atoms with Crippen molar-refractivity contribution in [2.75, 3.05) is 0 Å². The minimum absolute atomic E-state index is 1.13. The molecule has 4 heteroatoms. The summed E-state index contributed by atoms with van der Waals surface area (Å²) in [6.45, 7) is 0. The average Bonchev–Trinajstić information content (AvgIpc) is 4.01. The van der Waals surface area contributed by atoms with Crippen LogP contribution in [0.1, 0.15) is 0 Å². The third kappa shape index (κ3) is 5.30. The number of hydrogen-bond acceptors (Lipinski definition) is 0. The van der Waals surface area contributed by atoms with E-state index in [0.29, 0.717) is 0 Å². The Kier molecular flexibility index (Phi) is 8.30. The van der Waals surface area contributed by atoms with E-state index < -0.39 is 10.0 Å². The molecule has 0 fully saturated rings. The number of para-hydroxylation sites is 5. The molecule has 0 bridgehead atoms. The molecular weight excluding hydrogens is 795 g/mol. The number of rotatable bonds is 7. The Balaban J connectivity index is 1.08. The average molecular weight is 836 g/mol. The van der Waals surface area contributed by atoms with Crippen LogP contribution in [0.3, 0.4) is 0 Å². The predicted molar refractivity (Wildman–Crippen MR) is 269 cm³/mol. The van der Waals surface area contributed by atoms with Crippen molar-refractivity contribution in [1.82, 2.24) is 13.7 Å². The van der Waals surface area contributed by atoms with E-state index in [1.807, 2.05) is 0 Å². The molecule has 0 aliphatic rings. The zero-order chi connectivity index (χ0) is 42.2. The van der Waals surface area contributed by atoms with Gasteiger partial charge in [0.25, 0.3) is 0 Å². The lowest BCUT2D eigenvalue weighted by atomic mass is 10.1. The Hall–Kier alpha value is -8.05. The Morgan fingerprint density at radius 1 is 0.234 bits per heavy atom. The lowest BCUT2D eigenvalue weighted by molar-refractivity contribution is 1.16. The summed E-state index contributed by atoms with van der Waals surface area (Å²) in [5, 5.41) is 7.50. The number of fused-ring (bicyclic) bond motifs is 10. The van der Waals surface area contributed by atoms with E-state index in [4.69, 9.17) is 0 Å². The molecule has 13 rings (SSSR count). The van der Waals surface area contributed by atoms with E-state index in [2.05, 4.69) is 262 Å². The highest BCUT2D eigenvalue weighted by Crippen LogP contribution is 2.73. The van der Waals surface area contributed by atoms with Crippen molar-refractivity contribution in [2.24, 2.45) is 0 Å². The molecule has 0 aliphatic carbocycles. The van der Waals surface area contributed by atoms with Gasteiger partial charge in [0.2, 0.25) is 0 Å². The first-order valence-electron chi connectivity index (χ1n) is 21.9. The van der Waals surface area contributed by atoms with E-state index in [9.17, 15) is 0 Å². The highest BCUT2D eigenvalue weighted by molar-refractivity contribution is 8.34. The van der Waals surface area contributed by atoms with E-state index in [1.54, 1.807) is 0 Å². The molecule has 3 nitrogen and oxygen atoms in total. The summed E-state index contributed by atoms with van der Waals surface area (Å²) < 4.78 is 7.33. The molecular formula is C60H41N3S. The van der Waals surface area contributed by atoms with Crippen molar-refractivity contribution in [3.05, 3.63) is 249 Å². The molecule has 10 aromatic carbocycles. The van der Waals surface area contributed by atoms with Crippen molar-refractivity contribution >= 4 is 75.4 Å². The number of benzene rings is 10. The van der Waals surface area contributed by atoms with Crippen molar-refractivity contribution in [1.29, 1.82) is 0 Å². The van der Waals surface area contributed by atoms with Crippen LogP contribution in [0.15, 0.2) is 268 Å². The fourth-order valence-electron chi connectivity index (χ4n) is 10.5. The Labute approximate surface area is 372 Å². The van der Waals surface area contributed by atoms with Crippen molar-refractivity contribution in [3.63, 3.8) is 0 Å². The van der Waals surface area contributed by atoms with Gasteiger partial charge in [0.15, 0.2) is 0 Å². The lowest BCUT2D eigenvalue weighted by Crippen LogP contribution is -2.06. The number of aromatic nitrogens is 3. The monoisotopic (exact) mass is 835 g/mol. The van der Waals surface area contributed by atoms with Gasteiger partial charge in [-0.1, -0.05) is 133 Å². The summed E-state index contributed by atoms with van der Waals surface area (Å²) in [7, 11) is -2.01. The van der Waals surface area contributed by atoms with Crippen LogP contribution in [-0.2, 0) is 0 Å². The van der Waals surface area contributed by atoms with Gasteiger partial charge >= 0.3 is 0 Å². The number of nitrogens with zero attached hydrogens (tertiary/aromatic N) is 3. The van der Waals surface area contributed by atoms with Crippen molar-refractivity contribution in [2.45, 2.75) is 19.6 Å². The van der Waals surface area contributed by atoms with Gasteiger partial charge in [0, 0.05) is 69.0 Å². The van der Waals surface area contributed by atoms with Gasteiger partial charge in [-0.3, -0.25) is 0 Å². The maximum absolute atomic E-state index is 2.51. The minimum Gasteiger partial charge on any atom is -0.309 e. The van der Waals surface area contributed by atoms with Crippen LogP contribution < -0.4 is 0 Å². The zero-order valence-electron chi connectivity index (χ0n) is 34.9. The Morgan fingerprint density at radius 2 is 0.625 bits per heavy atom. The second kappa shape index (κ2) is 14.5. The van der Waals surface area contributed by atoms with Gasteiger partial charge < -0.3 is 13.7 Å². The maximum atomic E-state index is 2.51. The van der Waals surface area contributed by atoms with Crippen molar-refractivity contribution < 1.29 is 0 Å². The summed E-state index contributed by atoms with van der Waals surface area (Å²) >= 11 is 0. The molecule has 3 heterocycles. The third-order valence-corrected chi connectivity index (χ3v) is 17.0. The van der Waals surface area contributed by atoms with Crippen molar-refractivity contribution in [3.8, 4) is 17.1 Å². The van der Waals surface area contributed by atoms with E-state index in [0.717, 1.165) is 17.1 Å². The van der Waals surface area contributed by atoms with Gasteiger partial charge in [0.05, 0.1) is 33.1 Å². The fourth-order valence-corrected chi connectivity index (χ4v) is 14.4. The molecule has 0 unspecified atom stereocenters. The summed E-state index contributed by atoms with van der Waals surface area (Å²) in [4.78, 5) is 5.18. The van der Waals surface area contributed by atoms with E-state index in [-0.39, 0.29) is 0 Å². The molecule has 0 spiro atoms. The van der Waals surface area contributed by atoms with Crippen LogP contribution in [0.4, 0.5) is 0 Å². The summed E-state index contributed by atoms with van der Waals surface area (Å²) in [5.74, 6) is 0. The normalized spacial score (nSPS) is 12.3. The second-order valence-electron chi connectivity index (χ2n) is 16.5. The highest BCUT2D eigenvalue weighted by atomic mass is 32.3. The predicted octanol–water partition coefficient (Wildman–Crippen LogP) is 16.3.